The van der Waals surface area contributed by atoms with Crippen molar-refractivity contribution in [2.45, 2.75) is 25.3 Å². The summed E-state index contributed by atoms with van der Waals surface area (Å²) < 4.78 is 10.2. The minimum Gasteiger partial charge on any atom is -0.481 e. The van der Waals surface area contributed by atoms with Gasteiger partial charge in [0.05, 0.1) is 19.6 Å². The molecular formula is C15H20N2O3. The van der Waals surface area contributed by atoms with E-state index >= 15 is 0 Å². The molecule has 0 bridgehead atoms. The van der Waals surface area contributed by atoms with Crippen molar-refractivity contribution in [3.8, 4) is 5.88 Å². The van der Waals surface area contributed by atoms with E-state index in [0.29, 0.717) is 18.7 Å². The summed E-state index contributed by atoms with van der Waals surface area (Å²) in [5.41, 5.74) is 6.08. The van der Waals surface area contributed by atoms with Crippen molar-refractivity contribution in [1.29, 1.82) is 0 Å². The average Bonchev–Trinajstić information content (AvgIpc) is 2.49. The molecule has 0 fully saturated rings. The quantitative estimate of drug-likeness (QED) is 0.666. The minimum absolute atomic E-state index is 0.00331. The molecule has 108 valence electrons. The minimum atomic E-state index is -0.680. The molecule has 1 aromatic heterocycles. The van der Waals surface area contributed by atoms with Crippen molar-refractivity contribution in [1.82, 2.24) is 4.98 Å². The molecule has 5 heteroatoms. The Balaban J connectivity index is 2.34. The molecule has 0 saturated carbocycles. The van der Waals surface area contributed by atoms with Crippen LogP contribution in [0.3, 0.4) is 0 Å². The summed E-state index contributed by atoms with van der Waals surface area (Å²) in [7, 11) is 2.98. The Bertz CT molecular complexity index is 516. The zero-order valence-electron chi connectivity index (χ0n) is 11.8. The molecule has 0 radical (unpaired) electrons. The first-order chi connectivity index (χ1) is 9.61. The van der Waals surface area contributed by atoms with Gasteiger partial charge in [0.1, 0.15) is 0 Å². The number of methoxy groups -OCH3 is 2. The number of aromatic nitrogens is 1. The van der Waals surface area contributed by atoms with Crippen LogP contribution in [0.2, 0.25) is 0 Å². The molecule has 5 nitrogen and oxygen atoms in total. The average molecular weight is 276 g/mol. The van der Waals surface area contributed by atoms with Crippen molar-refractivity contribution < 1.29 is 14.3 Å². The second-order valence-corrected chi connectivity index (χ2v) is 5.06. The number of nitrogens with zero attached hydrogens (tertiary/aromatic N) is 1. The van der Waals surface area contributed by atoms with Gasteiger partial charge < -0.3 is 15.2 Å². The van der Waals surface area contributed by atoms with Crippen LogP contribution in [0.1, 0.15) is 18.4 Å². The van der Waals surface area contributed by atoms with Crippen LogP contribution in [-0.4, -0.2) is 31.2 Å². The maximum Gasteiger partial charge on any atom is 0.316 e. The topological polar surface area (TPSA) is 74.4 Å². The highest BCUT2D eigenvalue weighted by Crippen LogP contribution is 2.37. The van der Waals surface area contributed by atoms with E-state index in [0.717, 1.165) is 12.0 Å². The summed E-state index contributed by atoms with van der Waals surface area (Å²) in [5.74, 6) is 0.297. The molecule has 0 spiro atoms. The Morgan fingerprint density at radius 2 is 2.35 bits per heavy atom. The number of hydrogen-bond acceptors (Lipinski definition) is 5. The molecule has 2 N–H and O–H groups in total. The van der Waals surface area contributed by atoms with E-state index in [4.69, 9.17) is 15.2 Å². The van der Waals surface area contributed by atoms with E-state index in [1.165, 1.54) is 7.11 Å². The van der Waals surface area contributed by atoms with Crippen LogP contribution in [0.5, 0.6) is 5.88 Å². The third-order valence-electron chi connectivity index (χ3n) is 3.73. The molecule has 2 unspecified atom stereocenters. The first-order valence-corrected chi connectivity index (χ1v) is 6.62. The van der Waals surface area contributed by atoms with Gasteiger partial charge in [-0.25, -0.2) is 4.98 Å². The highest BCUT2D eigenvalue weighted by atomic mass is 16.5. The molecule has 1 aromatic rings. The summed E-state index contributed by atoms with van der Waals surface area (Å²) in [4.78, 5) is 16.4. The van der Waals surface area contributed by atoms with Gasteiger partial charge >= 0.3 is 5.97 Å². The lowest BCUT2D eigenvalue weighted by Gasteiger charge is -2.32. The molecule has 1 aliphatic carbocycles. The normalized spacial score (nSPS) is 25.2. The van der Waals surface area contributed by atoms with E-state index < -0.39 is 5.41 Å². The van der Waals surface area contributed by atoms with Gasteiger partial charge in [0, 0.05) is 17.8 Å². The standard InChI is InChI=1S/C15H20N2O3/c1-19-13-11(4-3-9-17-13)10-15(14(18)20-2)7-5-12(16)6-8-15/h3-5,7,9,12H,6,8,10,16H2,1-2H3. The van der Waals surface area contributed by atoms with E-state index in [9.17, 15) is 4.79 Å². The van der Waals surface area contributed by atoms with E-state index in [1.807, 2.05) is 24.3 Å². The zero-order valence-corrected chi connectivity index (χ0v) is 11.8. The van der Waals surface area contributed by atoms with Crippen LogP contribution >= 0.6 is 0 Å². The van der Waals surface area contributed by atoms with Gasteiger partial charge in [-0.05, 0) is 25.3 Å². The molecule has 2 rings (SSSR count). The van der Waals surface area contributed by atoms with Crippen molar-refractivity contribution in [2.75, 3.05) is 14.2 Å². The molecule has 1 heterocycles. The third kappa shape index (κ3) is 2.82. The van der Waals surface area contributed by atoms with Crippen molar-refractivity contribution in [3.05, 3.63) is 36.0 Å². The first kappa shape index (κ1) is 14.5. The van der Waals surface area contributed by atoms with Gasteiger partial charge in [-0.3, -0.25) is 4.79 Å². The van der Waals surface area contributed by atoms with E-state index in [1.54, 1.807) is 13.3 Å². The number of rotatable bonds is 4. The van der Waals surface area contributed by atoms with Crippen molar-refractivity contribution >= 4 is 5.97 Å². The summed E-state index contributed by atoms with van der Waals surface area (Å²) >= 11 is 0. The van der Waals surface area contributed by atoms with Crippen LogP contribution in [0.15, 0.2) is 30.5 Å². The Kier molecular flexibility index (Phi) is 4.39. The van der Waals surface area contributed by atoms with Gasteiger partial charge in [0.25, 0.3) is 0 Å². The lowest BCUT2D eigenvalue weighted by Crippen LogP contribution is -2.38. The molecular weight excluding hydrogens is 256 g/mol. The number of hydrogen-bond donors (Lipinski definition) is 1. The fraction of sp³-hybridized carbons (Fsp3) is 0.467. The predicted molar refractivity (Wildman–Crippen MR) is 75.3 cm³/mol. The fourth-order valence-corrected chi connectivity index (χ4v) is 2.59. The van der Waals surface area contributed by atoms with Gasteiger partial charge in [0.2, 0.25) is 5.88 Å². The Labute approximate surface area is 118 Å². The van der Waals surface area contributed by atoms with Gasteiger partial charge in [-0.15, -0.1) is 0 Å². The second-order valence-electron chi connectivity index (χ2n) is 5.06. The lowest BCUT2D eigenvalue weighted by molar-refractivity contribution is -0.150. The highest BCUT2D eigenvalue weighted by molar-refractivity contribution is 5.80. The summed E-state index contributed by atoms with van der Waals surface area (Å²) in [6.45, 7) is 0. The molecule has 0 aliphatic heterocycles. The number of esters is 1. The Morgan fingerprint density at radius 3 is 2.95 bits per heavy atom. The maximum atomic E-state index is 12.2. The fourth-order valence-electron chi connectivity index (χ4n) is 2.59. The van der Waals surface area contributed by atoms with E-state index in [2.05, 4.69) is 4.98 Å². The largest absolute Gasteiger partial charge is 0.481 e. The zero-order chi connectivity index (χ0) is 14.6. The molecule has 0 aromatic carbocycles. The SMILES string of the molecule is COC(=O)C1(Cc2cccnc2OC)C=CC(N)CC1. The van der Waals surface area contributed by atoms with E-state index in [-0.39, 0.29) is 12.0 Å². The van der Waals surface area contributed by atoms with Crippen LogP contribution in [0.25, 0.3) is 0 Å². The molecule has 0 saturated heterocycles. The van der Waals surface area contributed by atoms with Gasteiger partial charge in [-0.2, -0.15) is 0 Å². The van der Waals surface area contributed by atoms with Gasteiger partial charge in [0.15, 0.2) is 0 Å². The smallest absolute Gasteiger partial charge is 0.316 e. The third-order valence-corrected chi connectivity index (χ3v) is 3.73. The van der Waals surface area contributed by atoms with Crippen LogP contribution in [0.4, 0.5) is 0 Å². The lowest BCUT2D eigenvalue weighted by atomic mass is 9.73. The second kappa shape index (κ2) is 6.05. The molecule has 20 heavy (non-hydrogen) atoms. The summed E-state index contributed by atoms with van der Waals surface area (Å²) in [5, 5.41) is 0. The number of pyridine rings is 1. The monoisotopic (exact) mass is 276 g/mol. The number of carbonyl (C=O) groups is 1. The van der Waals surface area contributed by atoms with Gasteiger partial charge in [-0.1, -0.05) is 18.2 Å². The Morgan fingerprint density at radius 1 is 1.55 bits per heavy atom. The van der Waals surface area contributed by atoms with Crippen LogP contribution in [-0.2, 0) is 16.0 Å². The van der Waals surface area contributed by atoms with Crippen LogP contribution < -0.4 is 10.5 Å². The molecule has 1 aliphatic rings. The summed E-state index contributed by atoms with van der Waals surface area (Å²) in [6, 6.07) is 3.75. The highest BCUT2D eigenvalue weighted by Gasteiger charge is 2.40. The Hall–Kier alpha value is -1.88. The summed E-state index contributed by atoms with van der Waals surface area (Å²) in [6.07, 6.45) is 7.34. The number of carbonyl (C=O) groups excluding carboxylic acids is 1. The first-order valence-electron chi connectivity index (χ1n) is 6.62. The van der Waals surface area contributed by atoms with Crippen molar-refractivity contribution in [3.63, 3.8) is 0 Å². The molecule has 2 atom stereocenters. The predicted octanol–water partition coefficient (Wildman–Crippen LogP) is 1.47. The van der Waals surface area contributed by atoms with Crippen LogP contribution in [0, 0.1) is 5.41 Å². The van der Waals surface area contributed by atoms with Crippen molar-refractivity contribution in [2.24, 2.45) is 11.1 Å². The number of nitrogens with two attached hydrogens (primary N) is 1. The molecule has 0 amide bonds. The number of ether oxygens (including phenoxy) is 2. The maximum absolute atomic E-state index is 12.2.